The second-order valence-electron chi connectivity index (χ2n) is 3.77. The highest BCUT2D eigenvalue weighted by Crippen LogP contribution is 2.28. The van der Waals surface area contributed by atoms with Crippen LogP contribution in [-0.4, -0.2) is 4.98 Å². The largest absolute Gasteiger partial charge is 0.398 e. The van der Waals surface area contributed by atoms with Crippen molar-refractivity contribution in [3.05, 3.63) is 35.0 Å². The Hall–Kier alpha value is -1.71. The first-order valence-corrected chi connectivity index (χ1v) is 5.08. The minimum absolute atomic E-state index is 0.0138. The lowest BCUT2D eigenvalue weighted by molar-refractivity contribution is 0.607. The highest BCUT2D eigenvalue weighted by molar-refractivity contribution is 5.91. The molecule has 0 bridgehead atoms. The molecule has 0 aliphatic rings. The van der Waals surface area contributed by atoms with Crippen LogP contribution in [0.1, 0.15) is 18.2 Å². The quantitative estimate of drug-likeness (QED) is 0.805. The number of benzene rings is 1. The van der Waals surface area contributed by atoms with Crippen LogP contribution in [-0.2, 0) is 6.42 Å². The number of hydrogen-bond donors (Lipinski definition) is 1. The third-order valence-electron chi connectivity index (χ3n) is 2.60. The molecule has 2 rings (SSSR count). The zero-order valence-electron chi connectivity index (χ0n) is 9.14. The number of rotatable bonds is 1. The van der Waals surface area contributed by atoms with Gasteiger partial charge in [-0.1, -0.05) is 6.92 Å². The molecule has 0 radical (unpaired) electrons. The monoisotopic (exact) mass is 222 g/mol. The van der Waals surface area contributed by atoms with Crippen LogP contribution in [0.3, 0.4) is 0 Å². The van der Waals surface area contributed by atoms with Crippen molar-refractivity contribution in [3.8, 4) is 0 Å². The molecule has 0 amide bonds. The molecule has 4 heteroatoms. The van der Waals surface area contributed by atoms with Gasteiger partial charge in [0.2, 0.25) is 0 Å². The summed E-state index contributed by atoms with van der Waals surface area (Å²) >= 11 is 0. The SMILES string of the molecule is CCc1cc(N)c2c(F)c(C)cc(F)c2n1. The van der Waals surface area contributed by atoms with Crippen LogP contribution in [0.2, 0.25) is 0 Å². The maximum absolute atomic E-state index is 13.8. The Morgan fingerprint density at radius 2 is 2.00 bits per heavy atom. The second-order valence-corrected chi connectivity index (χ2v) is 3.77. The molecule has 0 fully saturated rings. The number of aromatic nitrogens is 1. The van der Waals surface area contributed by atoms with Crippen molar-refractivity contribution >= 4 is 16.6 Å². The average molecular weight is 222 g/mol. The van der Waals surface area contributed by atoms with Gasteiger partial charge in [0.1, 0.15) is 17.2 Å². The number of hydrogen-bond acceptors (Lipinski definition) is 2. The lowest BCUT2D eigenvalue weighted by Gasteiger charge is -2.08. The predicted molar refractivity (Wildman–Crippen MR) is 60.2 cm³/mol. The fraction of sp³-hybridized carbons (Fsp3) is 0.250. The molecule has 1 heterocycles. The van der Waals surface area contributed by atoms with Gasteiger partial charge >= 0.3 is 0 Å². The van der Waals surface area contributed by atoms with Crippen molar-refractivity contribution in [2.24, 2.45) is 0 Å². The van der Waals surface area contributed by atoms with Gasteiger partial charge in [-0.25, -0.2) is 13.8 Å². The van der Waals surface area contributed by atoms with Gasteiger partial charge in [-0.3, -0.25) is 0 Å². The number of anilines is 1. The van der Waals surface area contributed by atoms with Gasteiger partial charge in [-0.05, 0) is 31.0 Å². The summed E-state index contributed by atoms with van der Waals surface area (Å²) in [5.41, 5.74) is 6.87. The van der Waals surface area contributed by atoms with Crippen LogP contribution in [0, 0.1) is 18.6 Å². The molecule has 2 nitrogen and oxygen atoms in total. The fourth-order valence-electron chi connectivity index (χ4n) is 1.72. The summed E-state index contributed by atoms with van der Waals surface area (Å²) in [7, 11) is 0. The van der Waals surface area contributed by atoms with Crippen LogP contribution >= 0.6 is 0 Å². The van der Waals surface area contributed by atoms with Gasteiger partial charge in [0.25, 0.3) is 0 Å². The molecular weight excluding hydrogens is 210 g/mol. The normalized spacial score (nSPS) is 11.0. The maximum Gasteiger partial charge on any atom is 0.149 e. The number of aryl methyl sites for hydroxylation is 2. The Morgan fingerprint density at radius 3 is 2.62 bits per heavy atom. The third kappa shape index (κ3) is 1.50. The minimum atomic E-state index is -0.532. The van der Waals surface area contributed by atoms with E-state index in [1.54, 1.807) is 6.07 Å². The lowest BCUT2D eigenvalue weighted by Crippen LogP contribution is -2.00. The van der Waals surface area contributed by atoms with E-state index in [0.29, 0.717) is 12.1 Å². The van der Waals surface area contributed by atoms with Crippen molar-refractivity contribution < 1.29 is 8.78 Å². The minimum Gasteiger partial charge on any atom is -0.398 e. The standard InChI is InChI=1S/C12H12F2N2/c1-3-7-5-9(15)10-11(14)6(2)4-8(13)12(10)16-7/h4-5H,3H2,1-2H3,(H2,15,16). The highest BCUT2D eigenvalue weighted by Gasteiger charge is 2.14. The summed E-state index contributed by atoms with van der Waals surface area (Å²) in [5, 5.41) is 0.0784. The number of pyridine rings is 1. The number of nitrogen functional groups attached to an aromatic ring is 1. The van der Waals surface area contributed by atoms with E-state index >= 15 is 0 Å². The zero-order valence-corrected chi connectivity index (χ0v) is 9.14. The van der Waals surface area contributed by atoms with Crippen molar-refractivity contribution in [3.63, 3.8) is 0 Å². The first kappa shape index (κ1) is 10.8. The molecule has 2 aromatic rings. The van der Waals surface area contributed by atoms with Gasteiger partial charge in [0.15, 0.2) is 0 Å². The van der Waals surface area contributed by atoms with Crippen LogP contribution in [0.4, 0.5) is 14.5 Å². The summed E-state index contributed by atoms with van der Waals surface area (Å²) < 4.78 is 27.4. The van der Waals surface area contributed by atoms with Crippen LogP contribution < -0.4 is 5.73 Å². The van der Waals surface area contributed by atoms with E-state index in [2.05, 4.69) is 4.98 Å². The first-order valence-electron chi connectivity index (χ1n) is 5.08. The molecule has 16 heavy (non-hydrogen) atoms. The van der Waals surface area contributed by atoms with Gasteiger partial charge in [-0.15, -0.1) is 0 Å². The molecule has 0 atom stereocenters. The van der Waals surface area contributed by atoms with Crippen molar-refractivity contribution in [2.75, 3.05) is 5.73 Å². The van der Waals surface area contributed by atoms with Crippen LogP contribution in [0.5, 0.6) is 0 Å². The van der Waals surface area contributed by atoms with E-state index in [4.69, 9.17) is 5.73 Å². The van der Waals surface area contributed by atoms with Gasteiger partial charge in [0, 0.05) is 11.4 Å². The second kappa shape index (κ2) is 3.70. The predicted octanol–water partition coefficient (Wildman–Crippen LogP) is 2.97. The molecule has 1 aromatic carbocycles. The van der Waals surface area contributed by atoms with E-state index in [0.717, 1.165) is 6.07 Å². The van der Waals surface area contributed by atoms with Crippen molar-refractivity contribution in [2.45, 2.75) is 20.3 Å². The molecular formula is C12H12F2N2. The summed E-state index contributed by atoms with van der Waals surface area (Å²) in [4.78, 5) is 4.06. The lowest BCUT2D eigenvalue weighted by atomic mass is 10.1. The van der Waals surface area contributed by atoms with Crippen LogP contribution in [0.15, 0.2) is 12.1 Å². The number of nitrogens with zero attached hydrogens (tertiary/aromatic N) is 1. The molecule has 0 saturated carbocycles. The third-order valence-corrected chi connectivity index (χ3v) is 2.60. The zero-order chi connectivity index (χ0) is 11.9. The molecule has 0 unspecified atom stereocenters. The average Bonchev–Trinajstić information content (AvgIpc) is 2.25. The summed E-state index contributed by atoms with van der Waals surface area (Å²) in [6.07, 6.45) is 0.634. The van der Waals surface area contributed by atoms with Crippen LogP contribution in [0.25, 0.3) is 10.9 Å². The summed E-state index contributed by atoms with van der Waals surface area (Å²) in [6.45, 7) is 3.39. The van der Waals surface area contributed by atoms with E-state index in [9.17, 15) is 8.78 Å². The number of nitrogens with two attached hydrogens (primary N) is 1. The Bertz CT molecular complexity index is 565. The number of halogens is 2. The number of fused-ring (bicyclic) bond motifs is 1. The Balaban J connectivity index is 2.94. The highest BCUT2D eigenvalue weighted by atomic mass is 19.1. The maximum atomic E-state index is 13.8. The first-order chi connectivity index (χ1) is 7.54. The van der Waals surface area contributed by atoms with E-state index in [1.807, 2.05) is 6.92 Å². The molecule has 84 valence electrons. The van der Waals surface area contributed by atoms with E-state index in [-0.39, 0.29) is 22.2 Å². The van der Waals surface area contributed by atoms with Gasteiger partial charge in [0.05, 0.1) is 5.39 Å². The van der Waals surface area contributed by atoms with Crippen molar-refractivity contribution in [1.82, 2.24) is 4.98 Å². The molecule has 0 spiro atoms. The molecule has 0 aliphatic carbocycles. The smallest absolute Gasteiger partial charge is 0.149 e. The van der Waals surface area contributed by atoms with E-state index in [1.165, 1.54) is 6.92 Å². The Kier molecular flexibility index (Phi) is 2.50. The van der Waals surface area contributed by atoms with Gasteiger partial charge < -0.3 is 5.73 Å². The molecule has 0 aliphatic heterocycles. The molecule has 2 N–H and O–H groups in total. The Morgan fingerprint density at radius 1 is 1.31 bits per heavy atom. The fourth-order valence-corrected chi connectivity index (χ4v) is 1.72. The van der Waals surface area contributed by atoms with E-state index < -0.39 is 11.6 Å². The molecule has 0 saturated heterocycles. The molecule has 1 aromatic heterocycles. The summed E-state index contributed by atoms with van der Waals surface area (Å²) in [6, 6.07) is 2.73. The van der Waals surface area contributed by atoms with Gasteiger partial charge in [-0.2, -0.15) is 0 Å². The van der Waals surface area contributed by atoms with Crippen molar-refractivity contribution in [1.29, 1.82) is 0 Å². The Labute approximate surface area is 92.1 Å². The topological polar surface area (TPSA) is 38.9 Å². The summed E-state index contributed by atoms with van der Waals surface area (Å²) in [5.74, 6) is -1.03.